The van der Waals surface area contributed by atoms with Crippen LogP contribution in [0.15, 0.2) is 24.3 Å². The van der Waals surface area contributed by atoms with Crippen molar-refractivity contribution >= 4 is 29.5 Å². The molecule has 2 heterocycles. The highest BCUT2D eigenvalue weighted by molar-refractivity contribution is 6.01. The molecule has 0 aliphatic carbocycles. The van der Waals surface area contributed by atoms with Crippen LogP contribution in [-0.4, -0.2) is 61.1 Å². The third-order valence-electron chi connectivity index (χ3n) is 4.10. The zero-order valence-corrected chi connectivity index (χ0v) is 14.3. The summed E-state index contributed by atoms with van der Waals surface area (Å²) in [6.45, 7) is 1.87. The first-order valence-corrected chi connectivity index (χ1v) is 8.28. The number of carbonyl (C=O) groups is 4. The van der Waals surface area contributed by atoms with Gasteiger partial charge in [0.1, 0.15) is 12.3 Å². The molecule has 26 heavy (non-hydrogen) atoms. The standard InChI is InChI=1S/C17H19N3O6/c1-11(16(23)19-8-7-18-17(19)24)26-15(22)10-20-12-4-2-3-5-13(12)25-9-6-14(20)21/h2-5,11H,6-10H2,1H3,(H,18,24)/t11-/m1/s1. The first-order valence-electron chi connectivity index (χ1n) is 8.28. The fourth-order valence-electron chi connectivity index (χ4n) is 2.81. The molecule has 0 saturated carbocycles. The van der Waals surface area contributed by atoms with Gasteiger partial charge in [0.15, 0.2) is 6.10 Å². The molecule has 9 nitrogen and oxygen atoms in total. The highest BCUT2D eigenvalue weighted by Crippen LogP contribution is 2.30. The second kappa shape index (κ2) is 7.42. The topological polar surface area (TPSA) is 105 Å². The second-order valence-electron chi connectivity index (χ2n) is 5.90. The molecular weight excluding hydrogens is 342 g/mol. The lowest BCUT2D eigenvalue weighted by atomic mass is 10.2. The maximum Gasteiger partial charge on any atom is 0.326 e. The van der Waals surface area contributed by atoms with Crippen LogP contribution in [0.1, 0.15) is 13.3 Å². The van der Waals surface area contributed by atoms with Crippen molar-refractivity contribution < 1.29 is 28.7 Å². The summed E-state index contributed by atoms with van der Waals surface area (Å²) in [5, 5.41) is 2.51. The lowest BCUT2D eigenvalue weighted by Gasteiger charge is -2.23. The highest BCUT2D eigenvalue weighted by atomic mass is 16.5. The van der Waals surface area contributed by atoms with Gasteiger partial charge in [-0.05, 0) is 19.1 Å². The van der Waals surface area contributed by atoms with Crippen molar-refractivity contribution in [1.29, 1.82) is 0 Å². The Balaban J connectivity index is 1.66. The van der Waals surface area contributed by atoms with E-state index in [1.807, 2.05) is 0 Å². The Morgan fingerprint density at radius 1 is 1.31 bits per heavy atom. The molecule has 0 spiro atoms. The summed E-state index contributed by atoms with van der Waals surface area (Å²) in [6, 6.07) is 6.38. The summed E-state index contributed by atoms with van der Waals surface area (Å²) in [4.78, 5) is 50.6. The van der Waals surface area contributed by atoms with Crippen molar-refractivity contribution in [1.82, 2.24) is 10.2 Å². The molecule has 1 atom stereocenters. The monoisotopic (exact) mass is 361 g/mol. The molecule has 9 heteroatoms. The number of nitrogens with one attached hydrogen (secondary N) is 1. The number of carbonyl (C=O) groups excluding carboxylic acids is 4. The second-order valence-corrected chi connectivity index (χ2v) is 5.90. The maximum atomic E-state index is 12.3. The van der Waals surface area contributed by atoms with Gasteiger partial charge >= 0.3 is 12.0 Å². The van der Waals surface area contributed by atoms with Crippen LogP contribution < -0.4 is 15.0 Å². The Morgan fingerprint density at radius 2 is 2.08 bits per heavy atom. The van der Waals surface area contributed by atoms with Crippen molar-refractivity contribution in [2.75, 3.05) is 31.1 Å². The van der Waals surface area contributed by atoms with E-state index in [2.05, 4.69) is 5.32 Å². The Morgan fingerprint density at radius 3 is 2.81 bits per heavy atom. The van der Waals surface area contributed by atoms with E-state index in [1.54, 1.807) is 24.3 Å². The number of ether oxygens (including phenoxy) is 2. The minimum Gasteiger partial charge on any atom is -0.491 e. The highest BCUT2D eigenvalue weighted by Gasteiger charge is 2.32. The van der Waals surface area contributed by atoms with Gasteiger partial charge in [0.25, 0.3) is 5.91 Å². The van der Waals surface area contributed by atoms with Crippen molar-refractivity contribution in [3.05, 3.63) is 24.3 Å². The SMILES string of the molecule is C[C@@H](OC(=O)CN1C(=O)CCOc2ccccc21)C(=O)N1CCNC1=O. The van der Waals surface area contributed by atoms with E-state index >= 15 is 0 Å². The zero-order chi connectivity index (χ0) is 18.7. The molecule has 2 aliphatic heterocycles. The summed E-state index contributed by atoms with van der Waals surface area (Å²) < 4.78 is 10.6. The van der Waals surface area contributed by atoms with Crippen LogP contribution >= 0.6 is 0 Å². The predicted molar refractivity (Wildman–Crippen MR) is 89.6 cm³/mol. The number of anilines is 1. The summed E-state index contributed by atoms with van der Waals surface area (Å²) in [6.07, 6.45) is -0.996. The van der Waals surface area contributed by atoms with Crippen LogP contribution in [0.5, 0.6) is 5.75 Å². The van der Waals surface area contributed by atoms with E-state index in [1.165, 1.54) is 11.8 Å². The van der Waals surface area contributed by atoms with Gasteiger partial charge in [-0.15, -0.1) is 0 Å². The molecular formula is C17H19N3O6. The normalized spacial score (nSPS) is 17.7. The minimum absolute atomic E-state index is 0.129. The number of benzene rings is 1. The molecule has 1 saturated heterocycles. The Hall–Kier alpha value is -3.10. The Kier molecular flexibility index (Phi) is 5.06. The maximum absolute atomic E-state index is 12.3. The Labute approximate surface area is 149 Å². The predicted octanol–water partition coefficient (Wildman–Crippen LogP) is 0.286. The van der Waals surface area contributed by atoms with Gasteiger partial charge in [0, 0.05) is 13.1 Å². The average molecular weight is 361 g/mol. The summed E-state index contributed by atoms with van der Waals surface area (Å²) >= 11 is 0. The molecule has 4 amide bonds. The number of amides is 4. The number of hydrogen-bond acceptors (Lipinski definition) is 6. The molecule has 138 valence electrons. The minimum atomic E-state index is -1.13. The van der Waals surface area contributed by atoms with Crippen molar-refractivity contribution in [2.45, 2.75) is 19.4 Å². The van der Waals surface area contributed by atoms with E-state index < -0.39 is 24.0 Å². The van der Waals surface area contributed by atoms with E-state index in [0.29, 0.717) is 18.0 Å². The lowest BCUT2D eigenvalue weighted by Crippen LogP contribution is -2.43. The van der Waals surface area contributed by atoms with Gasteiger partial charge in [0.05, 0.1) is 18.7 Å². The van der Waals surface area contributed by atoms with Crippen molar-refractivity contribution in [2.24, 2.45) is 0 Å². The molecule has 1 aromatic carbocycles. The van der Waals surface area contributed by atoms with Crippen LogP contribution in [0.2, 0.25) is 0 Å². The van der Waals surface area contributed by atoms with E-state index in [0.717, 1.165) is 4.90 Å². The van der Waals surface area contributed by atoms with Crippen LogP contribution in [-0.2, 0) is 19.1 Å². The van der Waals surface area contributed by atoms with Gasteiger partial charge in [0.2, 0.25) is 5.91 Å². The molecule has 0 radical (unpaired) electrons. The van der Waals surface area contributed by atoms with Crippen LogP contribution in [0.4, 0.5) is 10.5 Å². The quantitative estimate of drug-likeness (QED) is 0.773. The number of fused-ring (bicyclic) bond motifs is 1. The number of hydrogen-bond donors (Lipinski definition) is 1. The molecule has 2 aliphatic rings. The number of rotatable bonds is 4. The van der Waals surface area contributed by atoms with Crippen molar-refractivity contribution in [3.8, 4) is 5.75 Å². The van der Waals surface area contributed by atoms with Crippen LogP contribution in [0, 0.1) is 0 Å². The number of imide groups is 1. The van der Waals surface area contributed by atoms with Gasteiger partial charge in [-0.25, -0.2) is 4.79 Å². The summed E-state index contributed by atoms with van der Waals surface area (Å²) in [7, 11) is 0. The molecule has 1 N–H and O–H groups in total. The van der Waals surface area contributed by atoms with Gasteiger partial charge in [-0.3, -0.25) is 24.2 Å². The van der Waals surface area contributed by atoms with Crippen molar-refractivity contribution in [3.63, 3.8) is 0 Å². The van der Waals surface area contributed by atoms with Gasteiger partial charge < -0.3 is 14.8 Å². The number of urea groups is 1. The van der Waals surface area contributed by atoms with E-state index in [4.69, 9.17) is 9.47 Å². The first kappa shape index (κ1) is 17.7. The molecule has 1 fully saturated rings. The Bertz CT molecular complexity index is 750. The summed E-state index contributed by atoms with van der Waals surface area (Å²) in [5.74, 6) is -1.11. The number of esters is 1. The average Bonchev–Trinajstić information content (AvgIpc) is 2.98. The van der Waals surface area contributed by atoms with Gasteiger partial charge in [-0.1, -0.05) is 12.1 Å². The third kappa shape index (κ3) is 3.61. The van der Waals surface area contributed by atoms with E-state index in [9.17, 15) is 19.2 Å². The lowest BCUT2D eigenvalue weighted by molar-refractivity contribution is -0.156. The molecule has 3 rings (SSSR count). The van der Waals surface area contributed by atoms with Crippen LogP contribution in [0.3, 0.4) is 0 Å². The molecule has 0 bridgehead atoms. The zero-order valence-electron chi connectivity index (χ0n) is 14.3. The van der Waals surface area contributed by atoms with Gasteiger partial charge in [-0.2, -0.15) is 0 Å². The fourth-order valence-corrected chi connectivity index (χ4v) is 2.81. The summed E-state index contributed by atoms with van der Waals surface area (Å²) in [5.41, 5.74) is 0.477. The molecule has 0 unspecified atom stereocenters. The smallest absolute Gasteiger partial charge is 0.326 e. The molecule has 0 aromatic heterocycles. The molecule has 1 aromatic rings. The van der Waals surface area contributed by atoms with Crippen LogP contribution in [0.25, 0.3) is 0 Å². The van der Waals surface area contributed by atoms with E-state index in [-0.39, 0.29) is 32.0 Å². The largest absolute Gasteiger partial charge is 0.491 e. The fraction of sp³-hybridized carbons (Fsp3) is 0.412. The first-order chi connectivity index (χ1) is 12.5. The number of para-hydroxylation sites is 2. The number of nitrogens with zero attached hydrogens (tertiary/aromatic N) is 2. The third-order valence-corrected chi connectivity index (χ3v) is 4.10.